The van der Waals surface area contributed by atoms with Crippen molar-refractivity contribution in [3.63, 3.8) is 0 Å². The number of hydrogen-bond donors (Lipinski definition) is 0. The number of amides is 1. The van der Waals surface area contributed by atoms with Gasteiger partial charge in [-0.2, -0.15) is 13.2 Å². The predicted octanol–water partition coefficient (Wildman–Crippen LogP) is 6.41. The van der Waals surface area contributed by atoms with Crippen LogP contribution >= 0.6 is 35.1 Å². The summed E-state index contributed by atoms with van der Waals surface area (Å²) in [6, 6.07) is 7.29. The maximum Gasteiger partial charge on any atom is 0.409 e. The van der Waals surface area contributed by atoms with Crippen LogP contribution in [0.15, 0.2) is 34.7 Å². The number of benzene rings is 2. The third-order valence-corrected chi connectivity index (χ3v) is 8.40. The molecule has 1 unspecified atom stereocenters. The Morgan fingerprint density at radius 2 is 1.88 bits per heavy atom. The molecule has 2 aromatic carbocycles. The lowest BCUT2D eigenvalue weighted by molar-refractivity contribution is -0.168. The molecule has 0 radical (unpaired) electrons. The standard InChI is InChI=1S/C23H18Cl2F4N2O2S/c1-2-19(32)31-10-21(11-31)15-4-3-12(5-13(15)9-33-21)18-8-22(34-30-18,23(27,28)29)14-6-16(24)20(26)17(25)7-14/h3-7H,2,8-11H2,1H3. The van der Waals surface area contributed by atoms with Crippen molar-refractivity contribution in [2.24, 2.45) is 4.40 Å². The molecule has 1 atom stereocenters. The van der Waals surface area contributed by atoms with Gasteiger partial charge in [-0.05, 0) is 52.4 Å². The lowest BCUT2D eigenvalue weighted by atomic mass is 9.83. The quantitative estimate of drug-likeness (QED) is 0.260. The summed E-state index contributed by atoms with van der Waals surface area (Å²) in [5.74, 6) is -0.905. The smallest absolute Gasteiger partial charge is 0.362 e. The molecule has 1 fully saturated rings. The summed E-state index contributed by atoms with van der Waals surface area (Å²) in [6.07, 6.45) is -4.73. The van der Waals surface area contributed by atoms with E-state index in [9.17, 15) is 22.4 Å². The Bertz CT molecular complexity index is 1210. The zero-order valence-electron chi connectivity index (χ0n) is 17.8. The van der Waals surface area contributed by atoms with Crippen molar-refractivity contribution in [2.75, 3.05) is 13.1 Å². The van der Waals surface area contributed by atoms with Crippen LogP contribution in [0.3, 0.4) is 0 Å². The average molecular weight is 533 g/mol. The van der Waals surface area contributed by atoms with Gasteiger partial charge in [0.1, 0.15) is 5.60 Å². The summed E-state index contributed by atoms with van der Waals surface area (Å²) in [7, 11) is 0. The highest BCUT2D eigenvalue weighted by atomic mass is 35.5. The number of rotatable bonds is 3. The van der Waals surface area contributed by atoms with Gasteiger partial charge in [0.2, 0.25) is 5.91 Å². The molecule has 4 nitrogen and oxygen atoms in total. The van der Waals surface area contributed by atoms with E-state index in [1.807, 2.05) is 6.07 Å². The number of halogens is 6. The minimum absolute atomic E-state index is 0.0566. The second-order valence-electron chi connectivity index (χ2n) is 8.64. The first kappa shape index (κ1) is 23.9. The Morgan fingerprint density at radius 1 is 1.21 bits per heavy atom. The number of carbonyl (C=O) groups is 1. The van der Waals surface area contributed by atoms with Gasteiger partial charge in [-0.25, -0.2) is 8.79 Å². The third-order valence-electron chi connectivity index (χ3n) is 6.62. The molecule has 0 aromatic heterocycles. The van der Waals surface area contributed by atoms with Gasteiger partial charge >= 0.3 is 6.18 Å². The topological polar surface area (TPSA) is 41.9 Å². The Hall–Kier alpha value is -1.81. The Balaban J connectivity index is 1.43. The van der Waals surface area contributed by atoms with Gasteiger partial charge in [0.25, 0.3) is 0 Å². The molecular formula is C23H18Cl2F4N2O2S. The molecule has 3 aliphatic heterocycles. The highest BCUT2D eigenvalue weighted by molar-refractivity contribution is 7.99. The molecule has 180 valence electrons. The average Bonchev–Trinajstić information content (AvgIpc) is 3.38. The van der Waals surface area contributed by atoms with Crippen molar-refractivity contribution >= 4 is 46.8 Å². The van der Waals surface area contributed by atoms with E-state index in [-0.39, 0.29) is 17.2 Å². The molecule has 2 aromatic rings. The second kappa shape index (κ2) is 8.11. The second-order valence-corrected chi connectivity index (χ2v) is 10.5. The lowest BCUT2D eigenvalue weighted by Gasteiger charge is -2.47. The Labute approximate surface area is 207 Å². The van der Waals surface area contributed by atoms with Crippen molar-refractivity contribution in [1.29, 1.82) is 0 Å². The number of fused-ring (bicyclic) bond motifs is 2. The highest BCUT2D eigenvalue weighted by Crippen LogP contribution is 2.57. The summed E-state index contributed by atoms with van der Waals surface area (Å²) >= 11 is 12.0. The van der Waals surface area contributed by atoms with Crippen LogP contribution in [0.25, 0.3) is 0 Å². The van der Waals surface area contributed by atoms with Gasteiger partial charge < -0.3 is 9.64 Å². The summed E-state index contributed by atoms with van der Waals surface area (Å²) in [6.45, 7) is 3.04. The van der Waals surface area contributed by atoms with Crippen LogP contribution in [-0.4, -0.2) is 35.8 Å². The molecule has 34 heavy (non-hydrogen) atoms. The van der Waals surface area contributed by atoms with Gasteiger partial charge in [0.05, 0.1) is 35.5 Å². The van der Waals surface area contributed by atoms with Gasteiger partial charge in [-0.1, -0.05) is 42.3 Å². The van der Waals surface area contributed by atoms with E-state index >= 15 is 0 Å². The number of hydrogen-bond acceptors (Lipinski definition) is 4. The van der Waals surface area contributed by atoms with Crippen LogP contribution in [0.2, 0.25) is 10.0 Å². The summed E-state index contributed by atoms with van der Waals surface area (Å²) in [5.41, 5.74) is 1.83. The Kier molecular flexibility index (Phi) is 5.71. The van der Waals surface area contributed by atoms with E-state index < -0.39 is 38.8 Å². The number of ether oxygens (including phenoxy) is 1. The minimum Gasteiger partial charge on any atom is -0.362 e. The molecular weight excluding hydrogens is 515 g/mol. The molecule has 5 rings (SSSR count). The van der Waals surface area contributed by atoms with Crippen molar-refractivity contribution < 1.29 is 27.1 Å². The fraction of sp³-hybridized carbons (Fsp3) is 0.391. The van der Waals surface area contributed by atoms with Crippen molar-refractivity contribution in [1.82, 2.24) is 4.90 Å². The first-order valence-electron chi connectivity index (χ1n) is 10.5. The highest BCUT2D eigenvalue weighted by Gasteiger charge is 2.60. The van der Waals surface area contributed by atoms with E-state index in [1.165, 1.54) is 0 Å². The van der Waals surface area contributed by atoms with E-state index in [4.69, 9.17) is 27.9 Å². The van der Waals surface area contributed by atoms with Crippen molar-refractivity contribution in [3.8, 4) is 0 Å². The molecule has 0 saturated carbocycles. The molecule has 1 amide bonds. The molecule has 0 N–H and O–H groups in total. The fourth-order valence-electron chi connectivity index (χ4n) is 4.71. The van der Waals surface area contributed by atoms with Gasteiger partial charge in [-0.15, -0.1) is 0 Å². The molecule has 1 saturated heterocycles. The molecule has 3 aliphatic rings. The monoisotopic (exact) mass is 532 g/mol. The SMILES string of the molecule is CCC(=O)N1CC2(C1)OCc1cc(C3=NSC(c4cc(Cl)c(F)c(Cl)c4)(C(F)(F)F)C3)ccc12. The van der Waals surface area contributed by atoms with Crippen LogP contribution in [-0.2, 0) is 26.5 Å². The fourth-order valence-corrected chi connectivity index (χ4v) is 6.16. The first-order chi connectivity index (χ1) is 16.0. The summed E-state index contributed by atoms with van der Waals surface area (Å²) in [5, 5.41) is -0.951. The number of likely N-dealkylation sites (tertiary alicyclic amines) is 1. The third kappa shape index (κ3) is 3.54. The van der Waals surface area contributed by atoms with Crippen LogP contribution < -0.4 is 0 Å². The van der Waals surface area contributed by atoms with Gasteiger partial charge in [0.15, 0.2) is 10.6 Å². The molecule has 0 aliphatic carbocycles. The van der Waals surface area contributed by atoms with Crippen molar-refractivity contribution in [3.05, 3.63) is 68.4 Å². The van der Waals surface area contributed by atoms with E-state index in [0.717, 1.165) is 23.3 Å². The predicted molar refractivity (Wildman–Crippen MR) is 123 cm³/mol. The molecule has 11 heteroatoms. The lowest BCUT2D eigenvalue weighted by Crippen LogP contribution is -2.61. The van der Waals surface area contributed by atoms with E-state index in [1.54, 1.807) is 24.0 Å². The van der Waals surface area contributed by atoms with Crippen LogP contribution in [0.5, 0.6) is 0 Å². The number of alkyl halides is 3. The van der Waals surface area contributed by atoms with Gasteiger partial charge in [-0.3, -0.25) is 4.79 Å². The van der Waals surface area contributed by atoms with Crippen LogP contribution in [0, 0.1) is 5.82 Å². The van der Waals surface area contributed by atoms with Gasteiger partial charge in [0, 0.05) is 12.8 Å². The zero-order chi connectivity index (χ0) is 24.5. The largest absolute Gasteiger partial charge is 0.409 e. The van der Waals surface area contributed by atoms with Crippen LogP contribution in [0.4, 0.5) is 17.6 Å². The minimum atomic E-state index is -4.70. The van der Waals surface area contributed by atoms with Crippen LogP contribution in [0.1, 0.15) is 42.0 Å². The summed E-state index contributed by atoms with van der Waals surface area (Å²) in [4.78, 5) is 13.7. The number of nitrogens with zero attached hydrogens (tertiary/aromatic N) is 2. The Morgan fingerprint density at radius 3 is 2.50 bits per heavy atom. The number of carbonyl (C=O) groups excluding carboxylic acids is 1. The summed E-state index contributed by atoms with van der Waals surface area (Å²) < 4.78 is 64.6. The first-order valence-corrected chi connectivity index (χ1v) is 12.0. The van der Waals surface area contributed by atoms with Crippen molar-refractivity contribution in [2.45, 2.75) is 42.9 Å². The maximum atomic E-state index is 14.3. The molecule has 3 heterocycles. The molecule has 0 bridgehead atoms. The zero-order valence-corrected chi connectivity index (χ0v) is 20.1. The van der Waals surface area contributed by atoms with E-state index in [0.29, 0.717) is 43.6 Å². The molecule has 1 spiro atoms. The maximum absolute atomic E-state index is 14.3. The normalized spacial score (nSPS) is 23.1. The van der Waals surface area contributed by atoms with E-state index in [2.05, 4.69) is 4.40 Å².